The van der Waals surface area contributed by atoms with Crippen LogP contribution in [0, 0.1) is 6.92 Å². The smallest absolute Gasteiger partial charge is 0.119 e. The Balaban J connectivity index is 1.76. The second-order valence-electron chi connectivity index (χ2n) is 4.03. The summed E-state index contributed by atoms with van der Waals surface area (Å²) >= 11 is 3.39. The molecule has 4 nitrogen and oxygen atoms in total. The van der Waals surface area contributed by atoms with Crippen LogP contribution in [-0.2, 0) is 7.05 Å². The average Bonchev–Trinajstić information content (AvgIpc) is 2.66. The molecule has 5 heteroatoms. The van der Waals surface area contributed by atoms with Crippen LogP contribution < -0.4 is 10.1 Å². The van der Waals surface area contributed by atoms with Gasteiger partial charge < -0.3 is 10.1 Å². The summed E-state index contributed by atoms with van der Waals surface area (Å²) in [5.41, 5.74) is 2.05. The first kappa shape index (κ1) is 13.0. The fourth-order valence-corrected chi connectivity index (χ4v) is 1.92. The van der Waals surface area contributed by atoms with Gasteiger partial charge in [0.25, 0.3) is 0 Å². The molecule has 1 aromatic carbocycles. The fourth-order valence-electron chi connectivity index (χ4n) is 1.66. The van der Waals surface area contributed by atoms with Crippen molar-refractivity contribution in [3.8, 4) is 5.75 Å². The third kappa shape index (κ3) is 3.50. The number of hydrogen-bond donors (Lipinski definition) is 1. The number of rotatable bonds is 5. The molecule has 0 amide bonds. The van der Waals surface area contributed by atoms with Crippen LogP contribution in [0.5, 0.6) is 5.75 Å². The number of hydrogen-bond acceptors (Lipinski definition) is 3. The minimum atomic E-state index is 0.621. The minimum absolute atomic E-state index is 0.621. The maximum Gasteiger partial charge on any atom is 0.119 e. The molecular formula is C13H16BrN3O. The zero-order valence-electron chi connectivity index (χ0n) is 10.5. The minimum Gasteiger partial charge on any atom is -0.492 e. The molecule has 2 aromatic rings. The molecule has 1 N–H and O–H groups in total. The molecule has 1 aromatic heterocycles. The highest BCUT2D eigenvalue weighted by molar-refractivity contribution is 9.10. The normalized spacial score (nSPS) is 10.4. The summed E-state index contributed by atoms with van der Waals surface area (Å²) in [6.07, 6.45) is 1.97. The maximum atomic E-state index is 5.62. The van der Waals surface area contributed by atoms with Gasteiger partial charge in [-0.2, -0.15) is 5.10 Å². The van der Waals surface area contributed by atoms with E-state index in [0.717, 1.165) is 28.1 Å². The van der Waals surface area contributed by atoms with Crippen LogP contribution in [0.4, 0.5) is 5.69 Å². The van der Waals surface area contributed by atoms with Crippen LogP contribution in [0.3, 0.4) is 0 Å². The molecule has 0 atom stereocenters. The van der Waals surface area contributed by atoms with Crippen LogP contribution >= 0.6 is 15.9 Å². The molecule has 96 valence electrons. The van der Waals surface area contributed by atoms with E-state index in [1.54, 1.807) is 4.68 Å². The van der Waals surface area contributed by atoms with Gasteiger partial charge in [-0.05, 0) is 31.2 Å². The number of nitrogens with zero attached hydrogens (tertiary/aromatic N) is 2. The molecule has 0 saturated heterocycles. The van der Waals surface area contributed by atoms with Crippen molar-refractivity contribution in [3.63, 3.8) is 0 Å². The van der Waals surface area contributed by atoms with E-state index in [1.165, 1.54) is 0 Å². The number of halogens is 1. The van der Waals surface area contributed by atoms with Crippen molar-refractivity contribution < 1.29 is 4.74 Å². The van der Waals surface area contributed by atoms with E-state index in [9.17, 15) is 0 Å². The lowest BCUT2D eigenvalue weighted by Gasteiger charge is -2.07. The molecule has 0 spiro atoms. The molecule has 0 aliphatic heterocycles. The van der Waals surface area contributed by atoms with Gasteiger partial charge in [0.2, 0.25) is 0 Å². The Labute approximate surface area is 115 Å². The van der Waals surface area contributed by atoms with Crippen LogP contribution in [0.1, 0.15) is 5.69 Å². The number of benzene rings is 1. The Hall–Kier alpha value is -1.49. The predicted octanol–water partition coefficient (Wildman–Crippen LogP) is 2.98. The van der Waals surface area contributed by atoms with Crippen molar-refractivity contribution in [3.05, 3.63) is 40.6 Å². The summed E-state index contributed by atoms with van der Waals surface area (Å²) in [7, 11) is 1.91. The molecule has 0 unspecified atom stereocenters. The Kier molecular flexibility index (Phi) is 4.25. The van der Waals surface area contributed by atoms with E-state index >= 15 is 0 Å². The van der Waals surface area contributed by atoms with Crippen molar-refractivity contribution in [2.24, 2.45) is 7.05 Å². The molecule has 0 aliphatic rings. The number of aryl methyl sites for hydroxylation is 2. The number of ether oxygens (including phenoxy) is 1. The highest BCUT2D eigenvalue weighted by Gasteiger charge is 2.01. The molecule has 0 aliphatic carbocycles. The lowest BCUT2D eigenvalue weighted by atomic mass is 10.3. The van der Waals surface area contributed by atoms with Crippen LogP contribution in [0.15, 0.2) is 34.9 Å². The first-order chi connectivity index (χ1) is 8.65. The average molecular weight is 310 g/mol. The highest BCUT2D eigenvalue weighted by Crippen LogP contribution is 2.16. The molecule has 18 heavy (non-hydrogen) atoms. The van der Waals surface area contributed by atoms with Gasteiger partial charge in [-0.3, -0.25) is 4.68 Å². The monoisotopic (exact) mass is 309 g/mol. The molecule has 0 saturated carbocycles. The summed E-state index contributed by atoms with van der Waals surface area (Å²) in [4.78, 5) is 0. The van der Waals surface area contributed by atoms with Crippen molar-refractivity contribution in [2.45, 2.75) is 6.92 Å². The lowest BCUT2D eigenvalue weighted by molar-refractivity contribution is 0.333. The van der Waals surface area contributed by atoms with Crippen molar-refractivity contribution in [2.75, 3.05) is 18.5 Å². The van der Waals surface area contributed by atoms with Crippen LogP contribution in [-0.4, -0.2) is 22.9 Å². The summed E-state index contributed by atoms with van der Waals surface area (Å²) in [6.45, 7) is 3.36. The topological polar surface area (TPSA) is 39.1 Å². The van der Waals surface area contributed by atoms with Crippen LogP contribution in [0.2, 0.25) is 0 Å². The van der Waals surface area contributed by atoms with E-state index < -0.39 is 0 Å². The van der Waals surface area contributed by atoms with Gasteiger partial charge in [-0.25, -0.2) is 0 Å². The van der Waals surface area contributed by atoms with E-state index in [2.05, 4.69) is 26.3 Å². The molecular weight excluding hydrogens is 294 g/mol. The Morgan fingerprint density at radius 1 is 1.33 bits per heavy atom. The molecule has 0 radical (unpaired) electrons. The zero-order valence-corrected chi connectivity index (χ0v) is 12.1. The second-order valence-corrected chi connectivity index (χ2v) is 4.95. The molecule has 0 bridgehead atoms. The van der Waals surface area contributed by atoms with E-state index in [4.69, 9.17) is 4.74 Å². The third-order valence-electron chi connectivity index (χ3n) is 2.51. The quantitative estimate of drug-likeness (QED) is 0.863. The zero-order chi connectivity index (χ0) is 13.0. The third-order valence-corrected chi connectivity index (χ3v) is 3.04. The van der Waals surface area contributed by atoms with Gasteiger partial charge in [0.15, 0.2) is 0 Å². The van der Waals surface area contributed by atoms with Crippen molar-refractivity contribution in [1.29, 1.82) is 0 Å². The van der Waals surface area contributed by atoms with E-state index in [-0.39, 0.29) is 0 Å². The SMILES string of the molecule is Cc1nn(C)cc1NCCOc1ccc(Br)cc1. The predicted molar refractivity (Wildman–Crippen MR) is 76.1 cm³/mol. The number of nitrogens with one attached hydrogen (secondary N) is 1. The summed E-state index contributed by atoms with van der Waals surface area (Å²) in [6, 6.07) is 7.82. The van der Waals surface area contributed by atoms with Crippen LogP contribution in [0.25, 0.3) is 0 Å². The Morgan fingerprint density at radius 3 is 2.67 bits per heavy atom. The Bertz CT molecular complexity index is 507. The first-order valence-corrected chi connectivity index (χ1v) is 6.57. The Morgan fingerprint density at radius 2 is 2.06 bits per heavy atom. The van der Waals surface area contributed by atoms with Gasteiger partial charge in [-0.1, -0.05) is 15.9 Å². The first-order valence-electron chi connectivity index (χ1n) is 5.77. The molecule has 1 heterocycles. The largest absolute Gasteiger partial charge is 0.492 e. The maximum absolute atomic E-state index is 5.62. The lowest BCUT2D eigenvalue weighted by Crippen LogP contribution is -2.11. The summed E-state index contributed by atoms with van der Waals surface area (Å²) in [5.74, 6) is 0.878. The van der Waals surface area contributed by atoms with Gasteiger partial charge in [0.1, 0.15) is 12.4 Å². The second kappa shape index (κ2) is 5.91. The standard InChI is InChI=1S/C13H16BrN3O/c1-10-13(9-17(2)16-10)15-7-8-18-12-5-3-11(14)4-6-12/h3-6,9,15H,7-8H2,1-2H3. The number of aromatic nitrogens is 2. The van der Waals surface area contributed by atoms with Gasteiger partial charge in [0, 0.05) is 24.3 Å². The van der Waals surface area contributed by atoms with Gasteiger partial charge in [-0.15, -0.1) is 0 Å². The van der Waals surface area contributed by atoms with Crippen molar-refractivity contribution in [1.82, 2.24) is 9.78 Å². The molecule has 0 fully saturated rings. The summed E-state index contributed by atoms with van der Waals surface area (Å²) < 4.78 is 8.47. The summed E-state index contributed by atoms with van der Waals surface area (Å²) in [5, 5.41) is 7.56. The number of anilines is 1. The van der Waals surface area contributed by atoms with Gasteiger partial charge in [0.05, 0.1) is 11.4 Å². The fraction of sp³-hybridized carbons (Fsp3) is 0.308. The van der Waals surface area contributed by atoms with E-state index in [0.29, 0.717) is 6.61 Å². The van der Waals surface area contributed by atoms with E-state index in [1.807, 2.05) is 44.4 Å². The van der Waals surface area contributed by atoms with Crippen molar-refractivity contribution >= 4 is 21.6 Å². The molecule has 2 rings (SSSR count). The highest BCUT2D eigenvalue weighted by atomic mass is 79.9. The van der Waals surface area contributed by atoms with Gasteiger partial charge >= 0.3 is 0 Å².